The topological polar surface area (TPSA) is 96.7 Å². The van der Waals surface area contributed by atoms with Crippen LogP contribution in [0.3, 0.4) is 0 Å². The van der Waals surface area contributed by atoms with Gasteiger partial charge in [0, 0.05) is 38.3 Å². The lowest BCUT2D eigenvalue weighted by atomic mass is 9.94. The number of likely N-dealkylation sites (tertiary alicyclic amines) is 1. The molecule has 0 spiro atoms. The lowest BCUT2D eigenvalue weighted by Gasteiger charge is -2.32. The second kappa shape index (κ2) is 10.8. The average Bonchev–Trinajstić information content (AvgIpc) is 2.65. The lowest BCUT2D eigenvalue weighted by molar-refractivity contribution is -0.117. The summed E-state index contributed by atoms with van der Waals surface area (Å²) in [6.07, 6.45) is 2.31. The van der Waals surface area contributed by atoms with E-state index in [1.165, 1.54) is 0 Å². The maximum Gasteiger partial charge on any atom is 0.317 e. The Bertz CT molecular complexity index is 604. The molecule has 1 fully saturated rings. The monoisotopic (exact) mass is 376 g/mol. The molecular weight excluding hydrogens is 344 g/mol. The van der Waals surface area contributed by atoms with Crippen molar-refractivity contribution in [2.45, 2.75) is 33.1 Å². The van der Waals surface area contributed by atoms with Crippen LogP contribution in [0.2, 0.25) is 0 Å². The quantitative estimate of drug-likeness (QED) is 0.649. The van der Waals surface area contributed by atoms with Gasteiger partial charge in [0.25, 0.3) is 0 Å². The molecule has 0 bridgehead atoms. The number of rotatable bonds is 8. The molecule has 1 unspecified atom stereocenters. The number of benzene rings is 1. The number of piperidine rings is 1. The summed E-state index contributed by atoms with van der Waals surface area (Å²) in [5.74, 6) is 1.32. The van der Waals surface area contributed by atoms with E-state index in [0.717, 1.165) is 30.8 Å². The highest BCUT2D eigenvalue weighted by Crippen LogP contribution is 2.21. The smallest absolute Gasteiger partial charge is 0.317 e. The van der Waals surface area contributed by atoms with Crippen LogP contribution in [0, 0.1) is 11.8 Å². The van der Waals surface area contributed by atoms with Crippen molar-refractivity contribution >= 4 is 17.6 Å². The van der Waals surface area contributed by atoms with Crippen LogP contribution in [-0.2, 0) is 4.79 Å². The van der Waals surface area contributed by atoms with Crippen LogP contribution in [0.4, 0.5) is 10.5 Å². The number of urea groups is 1. The average molecular weight is 377 g/mol. The van der Waals surface area contributed by atoms with Crippen molar-refractivity contribution in [1.29, 1.82) is 0 Å². The van der Waals surface area contributed by atoms with Crippen molar-refractivity contribution < 1.29 is 14.3 Å². The molecule has 0 saturated carbocycles. The van der Waals surface area contributed by atoms with E-state index in [9.17, 15) is 9.59 Å². The Morgan fingerprint density at radius 1 is 1.30 bits per heavy atom. The Labute approximate surface area is 161 Å². The summed E-state index contributed by atoms with van der Waals surface area (Å²) in [5, 5.41) is 5.87. The number of amides is 3. The van der Waals surface area contributed by atoms with E-state index in [-0.39, 0.29) is 17.9 Å². The van der Waals surface area contributed by atoms with E-state index in [1.54, 1.807) is 0 Å². The van der Waals surface area contributed by atoms with Crippen molar-refractivity contribution in [3.63, 3.8) is 0 Å². The first-order chi connectivity index (χ1) is 13.0. The number of nitrogens with two attached hydrogens (primary N) is 1. The number of carbonyl (C=O) groups excluding carboxylic acids is 2. The molecular formula is C20H32N4O3. The van der Waals surface area contributed by atoms with Crippen LogP contribution in [0.1, 0.15) is 33.1 Å². The molecule has 1 aromatic rings. The summed E-state index contributed by atoms with van der Waals surface area (Å²) in [5.41, 5.74) is 6.15. The maximum absolute atomic E-state index is 12.4. The van der Waals surface area contributed by atoms with E-state index in [4.69, 9.17) is 10.5 Å². The molecule has 1 saturated heterocycles. The Morgan fingerprint density at radius 3 is 2.70 bits per heavy atom. The van der Waals surface area contributed by atoms with Gasteiger partial charge in [-0.1, -0.05) is 13.8 Å². The van der Waals surface area contributed by atoms with Gasteiger partial charge in [0.1, 0.15) is 12.4 Å². The third kappa shape index (κ3) is 7.46. The maximum atomic E-state index is 12.4. The van der Waals surface area contributed by atoms with Crippen molar-refractivity contribution in [1.82, 2.24) is 10.2 Å². The van der Waals surface area contributed by atoms with Gasteiger partial charge < -0.3 is 26.0 Å². The van der Waals surface area contributed by atoms with Crippen LogP contribution < -0.4 is 21.1 Å². The van der Waals surface area contributed by atoms with Crippen molar-refractivity contribution in [3.05, 3.63) is 24.3 Å². The van der Waals surface area contributed by atoms with Gasteiger partial charge in [-0.2, -0.15) is 0 Å². The molecule has 4 N–H and O–H groups in total. The fourth-order valence-electron chi connectivity index (χ4n) is 3.10. The van der Waals surface area contributed by atoms with E-state index in [0.29, 0.717) is 38.6 Å². The van der Waals surface area contributed by atoms with Gasteiger partial charge in [-0.3, -0.25) is 4.79 Å². The predicted octanol–water partition coefficient (Wildman–Crippen LogP) is 2.43. The summed E-state index contributed by atoms with van der Waals surface area (Å²) in [4.78, 5) is 26.4. The van der Waals surface area contributed by atoms with Crippen molar-refractivity contribution in [2.24, 2.45) is 17.6 Å². The molecule has 0 aliphatic carbocycles. The van der Waals surface area contributed by atoms with E-state index >= 15 is 0 Å². The van der Waals surface area contributed by atoms with Crippen LogP contribution >= 0.6 is 0 Å². The van der Waals surface area contributed by atoms with Gasteiger partial charge in [0.2, 0.25) is 5.91 Å². The lowest BCUT2D eigenvalue weighted by Crippen LogP contribution is -2.46. The number of hydrogen-bond acceptors (Lipinski definition) is 4. The van der Waals surface area contributed by atoms with E-state index in [1.807, 2.05) is 29.2 Å². The Morgan fingerprint density at radius 2 is 2.04 bits per heavy atom. The molecule has 150 valence electrons. The molecule has 7 nitrogen and oxygen atoms in total. The minimum absolute atomic E-state index is 0.0260. The third-order valence-electron chi connectivity index (χ3n) is 4.47. The zero-order valence-electron chi connectivity index (χ0n) is 16.4. The van der Waals surface area contributed by atoms with Gasteiger partial charge >= 0.3 is 6.03 Å². The second-order valence-electron chi connectivity index (χ2n) is 7.45. The van der Waals surface area contributed by atoms with Crippen LogP contribution in [0.25, 0.3) is 0 Å². The third-order valence-corrected chi connectivity index (χ3v) is 4.47. The summed E-state index contributed by atoms with van der Waals surface area (Å²) < 4.78 is 5.42. The number of hydrogen-bond donors (Lipinski definition) is 3. The zero-order chi connectivity index (χ0) is 19.6. The van der Waals surface area contributed by atoms with Gasteiger partial charge in [-0.25, -0.2) is 4.79 Å². The Balaban J connectivity index is 1.78. The molecule has 2 rings (SSSR count). The van der Waals surface area contributed by atoms with E-state index < -0.39 is 0 Å². The van der Waals surface area contributed by atoms with E-state index in [2.05, 4.69) is 24.5 Å². The Hall–Kier alpha value is -2.28. The summed E-state index contributed by atoms with van der Waals surface area (Å²) >= 11 is 0. The second-order valence-corrected chi connectivity index (χ2v) is 7.45. The first kappa shape index (κ1) is 21.0. The first-order valence-electron chi connectivity index (χ1n) is 9.73. The SMILES string of the molecule is CC(C)CNC(=O)N1CCCC(CC(=O)Nc2ccc(OCCN)cc2)C1. The van der Waals surface area contributed by atoms with Crippen molar-refractivity contribution in [3.8, 4) is 5.75 Å². The van der Waals surface area contributed by atoms with Crippen LogP contribution in [-0.4, -0.2) is 49.6 Å². The predicted molar refractivity (Wildman–Crippen MR) is 107 cm³/mol. The Kier molecular flexibility index (Phi) is 8.39. The van der Waals surface area contributed by atoms with Gasteiger partial charge in [-0.05, 0) is 48.9 Å². The molecule has 7 heteroatoms. The fraction of sp³-hybridized carbons (Fsp3) is 0.600. The highest BCUT2D eigenvalue weighted by molar-refractivity contribution is 5.91. The highest BCUT2D eigenvalue weighted by atomic mass is 16.5. The molecule has 3 amide bonds. The molecule has 1 aliphatic rings. The number of ether oxygens (including phenoxy) is 1. The summed E-state index contributed by atoms with van der Waals surface area (Å²) in [6.45, 7) is 7.13. The van der Waals surface area contributed by atoms with Gasteiger partial charge in [0.15, 0.2) is 0 Å². The number of anilines is 1. The fourth-order valence-corrected chi connectivity index (χ4v) is 3.10. The molecule has 1 atom stereocenters. The van der Waals surface area contributed by atoms with Crippen LogP contribution in [0.15, 0.2) is 24.3 Å². The van der Waals surface area contributed by atoms with Crippen molar-refractivity contribution in [2.75, 3.05) is 38.1 Å². The summed E-state index contributed by atoms with van der Waals surface area (Å²) in [6, 6.07) is 7.23. The molecule has 0 radical (unpaired) electrons. The number of carbonyl (C=O) groups is 2. The summed E-state index contributed by atoms with van der Waals surface area (Å²) in [7, 11) is 0. The van der Waals surface area contributed by atoms with Gasteiger partial charge in [0.05, 0.1) is 0 Å². The van der Waals surface area contributed by atoms with Gasteiger partial charge in [-0.15, -0.1) is 0 Å². The first-order valence-corrected chi connectivity index (χ1v) is 9.73. The molecule has 1 aliphatic heterocycles. The standard InChI is InChI=1S/C20H32N4O3/c1-15(2)13-22-20(26)24-10-3-4-16(14-24)12-19(25)23-17-5-7-18(8-6-17)27-11-9-21/h5-8,15-16H,3-4,9-14,21H2,1-2H3,(H,22,26)(H,23,25). The number of nitrogens with one attached hydrogen (secondary N) is 2. The molecule has 1 heterocycles. The largest absolute Gasteiger partial charge is 0.492 e. The zero-order valence-corrected chi connectivity index (χ0v) is 16.4. The molecule has 27 heavy (non-hydrogen) atoms. The minimum Gasteiger partial charge on any atom is -0.492 e. The number of nitrogens with zero attached hydrogens (tertiary/aromatic N) is 1. The minimum atomic E-state index is -0.0277. The molecule has 0 aromatic heterocycles. The normalized spacial score (nSPS) is 16.9. The van der Waals surface area contributed by atoms with Crippen LogP contribution in [0.5, 0.6) is 5.75 Å². The highest BCUT2D eigenvalue weighted by Gasteiger charge is 2.25. The molecule has 1 aromatic carbocycles.